The van der Waals surface area contributed by atoms with Crippen LogP contribution in [-0.4, -0.2) is 41.0 Å². The first kappa shape index (κ1) is 22.0. The van der Waals surface area contributed by atoms with Gasteiger partial charge in [-0.05, 0) is 47.5 Å². The lowest BCUT2D eigenvalue weighted by Crippen LogP contribution is -2.29. The Kier molecular flexibility index (Phi) is 6.04. The number of likely N-dealkylation sites (tertiary alicyclic amines) is 1. The van der Waals surface area contributed by atoms with Gasteiger partial charge in [0.1, 0.15) is 11.5 Å². The van der Waals surface area contributed by atoms with E-state index < -0.39 is 17.7 Å². The number of ketones is 1. The van der Waals surface area contributed by atoms with Crippen LogP contribution in [0.4, 0.5) is 0 Å². The number of nitrogens with zero attached hydrogens (tertiary/aromatic N) is 1. The number of carbonyl (C=O) groups excluding carboxylic acids is 2. The van der Waals surface area contributed by atoms with Crippen LogP contribution in [0.15, 0.2) is 78.4 Å². The van der Waals surface area contributed by atoms with Crippen LogP contribution < -0.4 is 9.47 Å². The van der Waals surface area contributed by atoms with Gasteiger partial charge in [0.05, 0.1) is 25.8 Å². The number of aliphatic hydroxyl groups is 1. The summed E-state index contributed by atoms with van der Waals surface area (Å²) in [6.07, 6.45) is 0. The molecule has 1 aliphatic heterocycles. The fourth-order valence-electron chi connectivity index (χ4n) is 3.94. The van der Waals surface area contributed by atoms with Gasteiger partial charge < -0.3 is 24.6 Å². The minimum absolute atomic E-state index is 0.0335. The lowest BCUT2D eigenvalue weighted by Gasteiger charge is -2.26. The first-order valence-electron chi connectivity index (χ1n) is 10.3. The van der Waals surface area contributed by atoms with Gasteiger partial charge in [-0.1, -0.05) is 36.4 Å². The molecule has 0 radical (unpaired) electrons. The summed E-state index contributed by atoms with van der Waals surface area (Å²) in [4.78, 5) is 27.6. The van der Waals surface area contributed by atoms with Crippen molar-refractivity contribution in [2.75, 3.05) is 14.2 Å². The number of ether oxygens (including phenoxy) is 2. The van der Waals surface area contributed by atoms with Crippen molar-refractivity contribution >= 4 is 17.4 Å². The van der Waals surface area contributed by atoms with Crippen molar-refractivity contribution in [2.24, 2.45) is 0 Å². The van der Waals surface area contributed by atoms with Crippen LogP contribution in [0, 0.1) is 0 Å². The standard InChI is InChI=1S/C26H23NO6/c1-32-19-11-8-17(9-12-19)24(29)22-23(18-10-13-20(28)21(14-18)33-2)27(26(31)25(22)30)15-16-6-4-3-5-7-16/h3-14,23,28-29H,15H2,1-2H3. The Morgan fingerprint density at radius 2 is 1.64 bits per heavy atom. The highest BCUT2D eigenvalue weighted by Crippen LogP contribution is 2.42. The number of methoxy groups -OCH3 is 2. The molecular weight excluding hydrogens is 422 g/mol. The molecule has 0 bridgehead atoms. The molecule has 1 amide bonds. The maximum Gasteiger partial charge on any atom is 0.295 e. The lowest BCUT2D eigenvalue weighted by molar-refractivity contribution is -0.140. The van der Waals surface area contributed by atoms with E-state index in [2.05, 4.69) is 0 Å². The molecule has 0 aliphatic carbocycles. The van der Waals surface area contributed by atoms with Gasteiger partial charge >= 0.3 is 0 Å². The molecular formula is C26H23NO6. The van der Waals surface area contributed by atoms with Gasteiger partial charge in [-0.15, -0.1) is 0 Å². The van der Waals surface area contributed by atoms with Gasteiger partial charge in [0.2, 0.25) is 0 Å². The molecule has 1 fully saturated rings. The molecule has 7 heteroatoms. The number of carbonyl (C=O) groups is 2. The molecule has 33 heavy (non-hydrogen) atoms. The smallest absolute Gasteiger partial charge is 0.295 e. The van der Waals surface area contributed by atoms with E-state index >= 15 is 0 Å². The van der Waals surface area contributed by atoms with E-state index in [1.807, 2.05) is 30.3 Å². The fourth-order valence-corrected chi connectivity index (χ4v) is 3.94. The van der Waals surface area contributed by atoms with Crippen molar-refractivity contribution in [3.8, 4) is 17.2 Å². The fraction of sp³-hybridized carbons (Fsp3) is 0.154. The van der Waals surface area contributed by atoms with Crippen molar-refractivity contribution in [3.63, 3.8) is 0 Å². The lowest BCUT2D eigenvalue weighted by atomic mass is 9.94. The number of Topliss-reactive ketones (excluding diaryl/α,β-unsaturated/α-hetero) is 1. The van der Waals surface area contributed by atoms with Crippen LogP contribution in [0.3, 0.4) is 0 Å². The van der Waals surface area contributed by atoms with E-state index in [0.717, 1.165) is 5.56 Å². The summed E-state index contributed by atoms with van der Waals surface area (Å²) < 4.78 is 10.4. The highest BCUT2D eigenvalue weighted by Gasteiger charge is 2.46. The first-order chi connectivity index (χ1) is 15.9. The molecule has 0 saturated carbocycles. The molecule has 1 atom stereocenters. The number of phenolic OH excluding ortho intramolecular Hbond substituents is 1. The van der Waals surface area contributed by atoms with Crippen molar-refractivity contribution in [1.82, 2.24) is 4.90 Å². The van der Waals surface area contributed by atoms with Crippen LogP contribution in [0.5, 0.6) is 17.2 Å². The number of amides is 1. The number of aliphatic hydroxyl groups excluding tert-OH is 1. The monoisotopic (exact) mass is 445 g/mol. The number of rotatable bonds is 6. The van der Waals surface area contributed by atoms with Crippen LogP contribution in [0.25, 0.3) is 5.76 Å². The third kappa shape index (κ3) is 4.13. The summed E-state index contributed by atoms with van der Waals surface area (Å²) in [5.41, 5.74) is 1.70. The largest absolute Gasteiger partial charge is 0.507 e. The minimum Gasteiger partial charge on any atom is -0.507 e. The Balaban J connectivity index is 1.87. The van der Waals surface area contributed by atoms with Gasteiger partial charge in [-0.25, -0.2) is 0 Å². The summed E-state index contributed by atoms with van der Waals surface area (Å²) in [7, 11) is 2.94. The molecule has 1 saturated heterocycles. The molecule has 4 rings (SSSR count). The van der Waals surface area contributed by atoms with E-state index in [1.54, 1.807) is 36.4 Å². The van der Waals surface area contributed by atoms with Gasteiger partial charge in [-0.2, -0.15) is 0 Å². The first-order valence-corrected chi connectivity index (χ1v) is 10.3. The summed E-state index contributed by atoms with van der Waals surface area (Å²) >= 11 is 0. The molecule has 2 N–H and O–H groups in total. The number of hydrogen-bond donors (Lipinski definition) is 2. The van der Waals surface area contributed by atoms with E-state index in [9.17, 15) is 19.8 Å². The molecule has 1 unspecified atom stereocenters. The topological polar surface area (TPSA) is 96.3 Å². The Hall–Kier alpha value is -4.26. The normalized spacial score (nSPS) is 17.3. The Morgan fingerprint density at radius 1 is 0.939 bits per heavy atom. The van der Waals surface area contributed by atoms with Crippen molar-refractivity contribution < 1.29 is 29.3 Å². The summed E-state index contributed by atoms with van der Waals surface area (Å²) in [5, 5.41) is 21.2. The quantitative estimate of drug-likeness (QED) is 0.338. The average Bonchev–Trinajstić information content (AvgIpc) is 3.09. The van der Waals surface area contributed by atoms with Gasteiger partial charge in [0.25, 0.3) is 11.7 Å². The minimum atomic E-state index is -0.873. The second kappa shape index (κ2) is 9.08. The maximum absolute atomic E-state index is 13.1. The zero-order valence-electron chi connectivity index (χ0n) is 18.2. The van der Waals surface area contributed by atoms with Crippen molar-refractivity contribution in [1.29, 1.82) is 0 Å². The molecule has 1 heterocycles. The Labute approximate surface area is 191 Å². The third-order valence-corrected chi connectivity index (χ3v) is 5.62. The van der Waals surface area contributed by atoms with E-state index in [4.69, 9.17) is 9.47 Å². The van der Waals surface area contributed by atoms with Gasteiger partial charge in [0, 0.05) is 12.1 Å². The van der Waals surface area contributed by atoms with Gasteiger partial charge in [0.15, 0.2) is 11.5 Å². The SMILES string of the molecule is COc1ccc(C(O)=C2C(=O)C(=O)N(Cc3ccccc3)C2c2ccc(O)c(OC)c2)cc1. The van der Waals surface area contributed by atoms with Crippen LogP contribution in [0.2, 0.25) is 0 Å². The van der Waals surface area contributed by atoms with Crippen molar-refractivity contribution in [3.05, 3.63) is 95.1 Å². The van der Waals surface area contributed by atoms with Crippen LogP contribution in [0.1, 0.15) is 22.7 Å². The zero-order valence-corrected chi connectivity index (χ0v) is 18.2. The maximum atomic E-state index is 13.1. The molecule has 7 nitrogen and oxygen atoms in total. The van der Waals surface area contributed by atoms with E-state index in [1.165, 1.54) is 25.2 Å². The molecule has 3 aromatic carbocycles. The predicted octanol–water partition coefficient (Wildman–Crippen LogP) is 4.03. The zero-order chi connectivity index (χ0) is 23.5. The van der Waals surface area contributed by atoms with E-state index in [-0.39, 0.29) is 29.4 Å². The molecule has 1 aliphatic rings. The summed E-state index contributed by atoms with van der Waals surface area (Å²) in [5.74, 6) is -1.07. The number of phenols is 1. The number of aromatic hydroxyl groups is 1. The molecule has 0 aromatic heterocycles. The highest BCUT2D eigenvalue weighted by molar-refractivity contribution is 6.46. The molecule has 3 aromatic rings. The summed E-state index contributed by atoms with van der Waals surface area (Å²) in [6.45, 7) is 0.165. The van der Waals surface area contributed by atoms with Crippen molar-refractivity contribution in [2.45, 2.75) is 12.6 Å². The molecule has 168 valence electrons. The van der Waals surface area contributed by atoms with Gasteiger partial charge in [-0.3, -0.25) is 9.59 Å². The molecule has 0 spiro atoms. The second-order valence-electron chi connectivity index (χ2n) is 7.57. The number of benzene rings is 3. The highest BCUT2D eigenvalue weighted by atomic mass is 16.5. The van der Waals surface area contributed by atoms with E-state index in [0.29, 0.717) is 16.9 Å². The summed E-state index contributed by atoms with van der Waals surface area (Å²) in [6, 6.07) is 19.6. The Bertz CT molecular complexity index is 1220. The van der Waals surface area contributed by atoms with Crippen LogP contribution >= 0.6 is 0 Å². The average molecular weight is 445 g/mol. The predicted molar refractivity (Wildman–Crippen MR) is 122 cm³/mol. The Morgan fingerprint density at radius 3 is 2.27 bits per heavy atom. The number of hydrogen-bond acceptors (Lipinski definition) is 6. The second-order valence-corrected chi connectivity index (χ2v) is 7.57. The third-order valence-electron chi connectivity index (χ3n) is 5.62. The van der Waals surface area contributed by atoms with Crippen LogP contribution in [-0.2, 0) is 16.1 Å².